The third kappa shape index (κ3) is 4.48. The van der Waals surface area contributed by atoms with E-state index in [1.807, 2.05) is 23.1 Å². The summed E-state index contributed by atoms with van der Waals surface area (Å²) < 4.78 is 5.46. The summed E-state index contributed by atoms with van der Waals surface area (Å²) in [4.78, 5) is 27.5. The van der Waals surface area contributed by atoms with Crippen molar-refractivity contribution in [2.24, 2.45) is 0 Å². The number of carbonyl (C=O) groups excluding carboxylic acids is 1. The van der Waals surface area contributed by atoms with E-state index < -0.39 is 0 Å². The van der Waals surface area contributed by atoms with Crippen LogP contribution >= 0.6 is 11.6 Å². The van der Waals surface area contributed by atoms with Gasteiger partial charge in [0.2, 0.25) is 5.95 Å². The Labute approximate surface area is 175 Å². The molecule has 2 aromatic rings. The molecule has 0 radical (unpaired) electrons. The number of piperazine rings is 1. The molecule has 1 atom stereocenters. The molecule has 2 aliphatic rings. The molecule has 3 heterocycles. The topological polar surface area (TPSA) is 73.8 Å². The van der Waals surface area contributed by atoms with Crippen LogP contribution in [0, 0.1) is 0 Å². The van der Waals surface area contributed by atoms with E-state index in [4.69, 9.17) is 16.3 Å². The maximum Gasteiger partial charge on any atom is 0.317 e. The molecule has 154 valence electrons. The van der Waals surface area contributed by atoms with Crippen LogP contribution in [0.1, 0.15) is 6.42 Å². The summed E-state index contributed by atoms with van der Waals surface area (Å²) in [6.07, 6.45) is 4.36. The van der Waals surface area contributed by atoms with Crippen LogP contribution in [-0.2, 0) is 0 Å². The van der Waals surface area contributed by atoms with E-state index in [0.717, 1.165) is 50.0 Å². The molecular formula is C20H25ClN6O2. The molecule has 8 nitrogen and oxygen atoms in total. The summed E-state index contributed by atoms with van der Waals surface area (Å²) in [5.41, 5.74) is 0.966. The van der Waals surface area contributed by atoms with Crippen LogP contribution in [0.4, 0.5) is 16.4 Å². The average Bonchev–Trinajstić information content (AvgIpc) is 3.23. The van der Waals surface area contributed by atoms with Crippen molar-refractivity contribution in [2.45, 2.75) is 12.5 Å². The lowest BCUT2D eigenvalue weighted by Crippen LogP contribution is -2.54. The minimum Gasteiger partial charge on any atom is -0.495 e. The fourth-order valence-corrected chi connectivity index (χ4v) is 4.00. The number of anilines is 2. The lowest BCUT2D eigenvalue weighted by Gasteiger charge is -2.35. The van der Waals surface area contributed by atoms with E-state index >= 15 is 0 Å². The van der Waals surface area contributed by atoms with Gasteiger partial charge in [-0.15, -0.1) is 0 Å². The number of hydrogen-bond acceptors (Lipinski definition) is 6. The lowest BCUT2D eigenvalue weighted by molar-refractivity contribution is 0.191. The molecule has 2 aliphatic heterocycles. The quantitative estimate of drug-likeness (QED) is 0.824. The van der Waals surface area contributed by atoms with E-state index in [-0.39, 0.29) is 12.1 Å². The van der Waals surface area contributed by atoms with Crippen LogP contribution < -0.4 is 19.9 Å². The van der Waals surface area contributed by atoms with E-state index in [9.17, 15) is 4.79 Å². The zero-order valence-corrected chi connectivity index (χ0v) is 17.2. The lowest BCUT2D eigenvalue weighted by atomic mass is 10.2. The maximum absolute atomic E-state index is 12.7. The summed E-state index contributed by atoms with van der Waals surface area (Å²) in [7, 11) is 1.65. The first-order valence-corrected chi connectivity index (χ1v) is 10.2. The second kappa shape index (κ2) is 8.73. The monoisotopic (exact) mass is 416 g/mol. The van der Waals surface area contributed by atoms with E-state index in [0.29, 0.717) is 18.1 Å². The van der Waals surface area contributed by atoms with Gasteiger partial charge in [0.25, 0.3) is 0 Å². The fourth-order valence-electron chi connectivity index (χ4n) is 3.84. The second-order valence-corrected chi connectivity index (χ2v) is 7.66. The zero-order chi connectivity index (χ0) is 20.2. The Morgan fingerprint density at radius 1 is 1.14 bits per heavy atom. The highest BCUT2D eigenvalue weighted by Gasteiger charge is 2.29. The molecule has 4 rings (SSSR count). The van der Waals surface area contributed by atoms with Gasteiger partial charge < -0.3 is 24.8 Å². The van der Waals surface area contributed by atoms with Gasteiger partial charge in [-0.1, -0.05) is 11.6 Å². The van der Waals surface area contributed by atoms with Crippen LogP contribution in [0.3, 0.4) is 0 Å². The normalized spacial score (nSPS) is 19.4. The van der Waals surface area contributed by atoms with Crippen LogP contribution in [-0.4, -0.2) is 73.3 Å². The molecule has 1 N–H and O–H groups in total. The number of hydrogen-bond donors (Lipinski definition) is 1. The standard InChI is InChI=1S/C20H25ClN6O2/c1-29-18-4-3-15(21)13-17(18)27-8-5-16(14-27)24-20(28)26-11-9-25(10-12-26)19-22-6-2-7-23-19/h2-4,6-7,13,16H,5,8-12,14H2,1H3,(H,24,28). The fraction of sp³-hybridized carbons (Fsp3) is 0.450. The second-order valence-electron chi connectivity index (χ2n) is 7.22. The molecule has 0 saturated carbocycles. The Morgan fingerprint density at radius 2 is 1.90 bits per heavy atom. The van der Waals surface area contributed by atoms with Crippen molar-refractivity contribution >= 4 is 29.3 Å². The van der Waals surface area contributed by atoms with Gasteiger partial charge in [-0.2, -0.15) is 0 Å². The first-order valence-electron chi connectivity index (χ1n) is 9.80. The Kier molecular flexibility index (Phi) is 5.89. The SMILES string of the molecule is COc1ccc(Cl)cc1N1CCC(NC(=O)N2CCN(c3ncccn3)CC2)C1. The molecule has 0 spiro atoms. The Morgan fingerprint density at radius 3 is 2.62 bits per heavy atom. The molecule has 1 unspecified atom stereocenters. The number of halogens is 1. The van der Waals surface area contributed by atoms with Crippen molar-refractivity contribution in [3.8, 4) is 5.75 Å². The molecular weight excluding hydrogens is 392 g/mol. The summed E-state index contributed by atoms with van der Waals surface area (Å²) in [6.45, 7) is 4.36. The Hall–Kier alpha value is -2.74. The van der Waals surface area contributed by atoms with Crippen molar-refractivity contribution < 1.29 is 9.53 Å². The van der Waals surface area contributed by atoms with Crippen molar-refractivity contribution in [1.29, 1.82) is 0 Å². The molecule has 2 saturated heterocycles. The molecule has 1 aromatic heterocycles. The molecule has 29 heavy (non-hydrogen) atoms. The summed E-state index contributed by atoms with van der Waals surface area (Å²) in [5.74, 6) is 1.51. The first kappa shape index (κ1) is 19.6. The number of aromatic nitrogens is 2. The number of urea groups is 1. The summed E-state index contributed by atoms with van der Waals surface area (Å²) in [6, 6.07) is 7.50. The van der Waals surface area contributed by atoms with E-state index in [1.165, 1.54) is 0 Å². The largest absolute Gasteiger partial charge is 0.495 e. The summed E-state index contributed by atoms with van der Waals surface area (Å²) in [5, 5.41) is 3.85. The highest BCUT2D eigenvalue weighted by Crippen LogP contribution is 2.33. The van der Waals surface area contributed by atoms with Crippen LogP contribution in [0.5, 0.6) is 5.75 Å². The molecule has 2 fully saturated rings. The maximum atomic E-state index is 12.7. The molecule has 2 amide bonds. The van der Waals surface area contributed by atoms with Gasteiger partial charge in [0.05, 0.1) is 12.8 Å². The van der Waals surface area contributed by atoms with Crippen molar-refractivity contribution in [3.05, 3.63) is 41.7 Å². The number of nitrogens with one attached hydrogen (secondary N) is 1. The Bertz CT molecular complexity index is 844. The van der Waals surface area contributed by atoms with Gasteiger partial charge >= 0.3 is 6.03 Å². The van der Waals surface area contributed by atoms with Crippen molar-refractivity contribution in [3.63, 3.8) is 0 Å². The number of nitrogens with zero attached hydrogens (tertiary/aromatic N) is 5. The minimum atomic E-state index is -0.0106. The van der Waals surface area contributed by atoms with E-state index in [1.54, 1.807) is 25.6 Å². The minimum absolute atomic E-state index is 0.0106. The number of rotatable bonds is 4. The molecule has 9 heteroatoms. The van der Waals surface area contributed by atoms with Crippen LogP contribution in [0.15, 0.2) is 36.7 Å². The van der Waals surface area contributed by atoms with Gasteiger partial charge in [0.1, 0.15) is 5.75 Å². The Balaban J connectivity index is 1.30. The number of methoxy groups -OCH3 is 1. The molecule has 0 bridgehead atoms. The van der Waals surface area contributed by atoms with Crippen LogP contribution in [0.2, 0.25) is 5.02 Å². The first-order chi connectivity index (χ1) is 14.1. The highest BCUT2D eigenvalue weighted by molar-refractivity contribution is 6.30. The van der Waals surface area contributed by atoms with Gasteiger partial charge in [-0.25, -0.2) is 14.8 Å². The van der Waals surface area contributed by atoms with Gasteiger partial charge in [0, 0.05) is 62.7 Å². The third-order valence-electron chi connectivity index (χ3n) is 5.40. The van der Waals surface area contributed by atoms with Crippen molar-refractivity contribution in [2.75, 3.05) is 56.2 Å². The summed E-state index contributed by atoms with van der Waals surface area (Å²) >= 11 is 6.16. The van der Waals surface area contributed by atoms with Gasteiger partial charge in [-0.3, -0.25) is 0 Å². The number of benzene rings is 1. The van der Waals surface area contributed by atoms with Gasteiger partial charge in [-0.05, 0) is 30.7 Å². The predicted octanol–water partition coefficient (Wildman–Crippen LogP) is 2.25. The predicted molar refractivity (Wildman–Crippen MR) is 113 cm³/mol. The smallest absolute Gasteiger partial charge is 0.317 e. The number of amides is 2. The van der Waals surface area contributed by atoms with Crippen LogP contribution in [0.25, 0.3) is 0 Å². The van der Waals surface area contributed by atoms with Gasteiger partial charge in [0.15, 0.2) is 0 Å². The highest BCUT2D eigenvalue weighted by atomic mass is 35.5. The molecule has 0 aliphatic carbocycles. The zero-order valence-electron chi connectivity index (χ0n) is 16.4. The number of carbonyl (C=O) groups is 1. The third-order valence-corrected chi connectivity index (χ3v) is 5.63. The van der Waals surface area contributed by atoms with E-state index in [2.05, 4.69) is 25.1 Å². The average molecular weight is 417 g/mol. The van der Waals surface area contributed by atoms with Crippen molar-refractivity contribution in [1.82, 2.24) is 20.2 Å². The number of ether oxygens (including phenoxy) is 1. The molecule has 1 aromatic carbocycles.